The first kappa shape index (κ1) is 15.3. The van der Waals surface area contributed by atoms with Gasteiger partial charge in [0.25, 0.3) is 5.91 Å². The number of carbonyl (C=O) groups excluding carboxylic acids is 1. The van der Waals surface area contributed by atoms with E-state index in [-0.39, 0.29) is 5.91 Å². The van der Waals surface area contributed by atoms with Gasteiger partial charge in [-0.25, -0.2) is 0 Å². The number of nitrogens with zero attached hydrogens (tertiary/aromatic N) is 1. The van der Waals surface area contributed by atoms with Crippen LogP contribution in [0.4, 0.5) is 0 Å². The van der Waals surface area contributed by atoms with Gasteiger partial charge in [0.2, 0.25) is 0 Å². The molecule has 0 unspecified atom stereocenters. The van der Waals surface area contributed by atoms with E-state index >= 15 is 0 Å². The predicted octanol–water partition coefficient (Wildman–Crippen LogP) is 3.86. The van der Waals surface area contributed by atoms with Crippen LogP contribution >= 0.6 is 0 Å². The monoisotopic (exact) mass is 307 g/mol. The summed E-state index contributed by atoms with van der Waals surface area (Å²) in [6.07, 6.45) is 4.11. The number of hydrogen-bond acceptors (Lipinski definition) is 2. The Bertz CT molecular complexity index is 701. The first-order chi connectivity index (χ1) is 11.3. The Balaban J connectivity index is 2.04. The largest absolute Gasteiger partial charge is 0.496 e. The molecule has 3 rings (SSSR count). The first-order valence-corrected chi connectivity index (χ1v) is 7.99. The van der Waals surface area contributed by atoms with Crippen molar-refractivity contribution >= 4 is 17.6 Å². The molecule has 2 aromatic rings. The van der Waals surface area contributed by atoms with Crippen LogP contribution in [0, 0.1) is 0 Å². The Labute approximate surface area is 137 Å². The Morgan fingerprint density at radius 1 is 1.00 bits per heavy atom. The fourth-order valence-corrected chi connectivity index (χ4v) is 2.92. The van der Waals surface area contributed by atoms with Crippen molar-refractivity contribution in [1.82, 2.24) is 4.90 Å². The fourth-order valence-electron chi connectivity index (χ4n) is 2.92. The van der Waals surface area contributed by atoms with Crippen molar-refractivity contribution < 1.29 is 9.53 Å². The minimum Gasteiger partial charge on any atom is -0.496 e. The van der Waals surface area contributed by atoms with Gasteiger partial charge in [0.05, 0.1) is 7.11 Å². The quantitative estimate of drug-likeness (QED) is 0.634. The Morgan fingerprint density at radius 3 is 2.35 bits per heavy atom. The van der Waals surface area contributed by atoms with E-state index in [1.165, 1.54) is 0 Å². The second-order valence-corrected chi connectivity index (χ2v) is 5.67. The summed E-state index contributed by atoms with van der Waals surface area (Å²) in [6.45, 7) is 1.68. The second-order valence-electron chi connectivity index (χ2n) is 5.67. The molecule has 0 saturated carbocycles. The lowest BCUT2D eigenvalue weighted by molar-refractivity contribution is -0.123. The van der Waals surface area contributed by atoms with Crippen LogP contribution in [0.25, 0.3) is 11.6 Å². The predicted molar refractivity (Wildman–Crippen MR) is 93.1 cm³/mol. The van der Waals surface area contributed by atoms with E-state index in [0.29, 0.717) is 0 Å². The van der Waals surface area contributed by atoms with Gasteiger partial charge in [-0.1, -0.05) is 48.5 Å². The van der Waals surface area contributed by atoms with Crippen LogP contribution in [0.5, 0.6) is 5.75 Å². The summed E-state index contributed by atoms with van der Waals surface area (Å²) < 4.78 is 5.42. The number of likely N-dealkylation sites (tertiary alicyclic amines) is 1. The van der Waals surface area contributed by atoms with E-state index in [2.05, 4.69) is 0 Å². The smallest absolute Gasteiger partial charge is 0.254 e. The molecule has 1 aliphatic heterocycles. The molecule has 0 spiro atoms. The Kier molecular flexibility index (Phi) is 4.77. The van der Waals surface area contributed by atoms with E-state index in [4.69, 9.17) is 4.74 Å². The standard InChI is InChI=1S/C20H21NO2/c1-23-19-12-6-5-11-17(19)15-18(16-9-3-2-4-10-16)20(22)21-13-7-8-14-21/h2-6,9-12,15H,7-8,13-14H2,1H3/b18-15+. The van der Waals surface area contributed by atoms with E-state index in [0.717, 1.165) is 48.4 Å². The third-order valence-corrected chi connectivity index (χ3v) is 4.15. The van der Waals surface area contributed by atoms with Gasteiger partial charge in [0.15, 0.2) is 0 Å². The van der Waals surface area contributed by atoms with Crippen LogP contribution in [-0.2, 0) is 4.79 Å². The summed E-state index contributed by atoms with van der Waals surface area (Å²) in [7, 11) is 1.65. The molecule has 3 nitrogen and oxygen atoms in total. The molecule has 0 radical (unpaired) electrons. The molecule has 1 saturated heterocycles. The molecular weight excluding hydrogens is 286 g/mol. The molecule has 0 N–H and O–H groups in total. The zero-order valence-corrected chi connectivity index (χ0v) is 13.4. The third kappa shape index (κ3) is 3.45. The highest BCUT2D eigenvalue weighted by Crippen LogP contribution is 2.27. The van der Waals surface area contributed by atoms with E-state index < -0.39 is 0 Å². The minimum atomic E-state index is 0.0969. The maximum absolute atomic E-state index is 13.0. The van der Waals surface area contributed by atoms with Crippen molar-refractivity contribution in [1.29, 1.82) is 0 Å². The molecule has 0 atom stereocenters. The van der Waals surface area contributed by atoms with Gasteiger partial charge in [0, 0.05) is 24.2 Å². The summed E-state index contributed by atoms with van der Waals surface area (Å²) in [5.74, 6) is 0.870. The van der Waals surface area contributed by atoms with Gasteiger partial charge < -0.3 is 9.64 Å². The highest BCUT2D eigenvalue weighted by Gasteiger charge is 2.22. The summed E-state index contributed by atoms with van der Waals surface area (Å²) >= 11 is 0. The lowest BCUT2D eigenvalue weighted by Gasteiger charge is -2.18. The summed E-state index contributed by atoms with van der Waals surface area (Å²) in [4.78, 5) is 14.9. The number of benzene rings is 2. The molecular formula is C20H21NO2. The van der Waals surface area contributed by atoms with Crippen molar-refractivity contribution in [2.45, 2.75) is 12.8 Å². The zero-order chi connectivity index (χ0) is 16.1. The second kappa shape index (κ2) is 7.14. The number of rotatable bonds is 4. The normalized spacial score (nSPS) is 14.8. The lowest BCUT2D eigenvalue weighted by Crippen LogP contribution is -2.28. The number of hydrogen-bond donors (Lipinski definition) is 0. The molecule has 23 heavy (non-hydrogen) atoms. The maximum atomic E-state index is 13.0. The minimum absolute atomic E-state index is 0.0969. The maximum Gasteiger partial charge on any atom is 0.254 e. The highest BCUT2D eigenvalue weighted by molar-refractivity contribution is 6.24. The zero-order valence-electron chi connectivity index (χ0n) is 13.4. The summed E-state index contributed by atoms with van der Waals surface area (Å²) in [5, 5.41) is 0. The molecule has 1 amide bonds. The summed E-state index contributed by atoms with van der Waals surface area (Å²) in [6, 6.07) is 17.6. The molecule has 3 heteroatoms. The number of carbonyl (C=O) groups is 1. The number of ether oxygens (including phenoxy) is 1. The number of para-hydroxylation sites is 1. The fraction of sp³-hybridized carbons (Fsp3) is 0.250. The molecule has 0 aromatic heterocycles. The lowest BCUT2D eigenvalue weighted by atomic mass is 10.0. The first-order valence-electron chi connectivity index (χ1n) is 7.99. The van der Waals surface area contributed by atoms with Gasteiger partial charge >= 0.3 is 0 Å². The molecule has 0 bridgehead atoms. The average Bonchev–Trinajstić information content (AvgIpc) is 3.15. The molecule has 118 valence electrons. The van der Waals surface area contributed by atoms with Crippen LogP contribution in [0.15, 0.2) is 54.6 Å². The van der Waals surface area contributed by atoms with E-state index in [9.17, 15) is 4.79 Å². The van der Waals surface area contributed by atoms with Crippen LogP contribution in [-0.4, -0.2) is 31.0 Å². The molecule has 1 heterocycles. The Hall–Kier alpha value is -2.55. The van der Waals surface area contributed by atoms with Gasteiger partial charge in [0.1, 0.15) is 5.75 Å². The third-order valence-electron chi connectivity index (χ3n) is 4.15. The molecule has 1 aliphatic rings. The van der Waals surface area contributed by atoms with Gasteiger partial charge in [-0.3, -0.25) is 4.79 Å². The van der Waals surface area contributed by atoms with Crippen molar-refractivity contribution in [3.05, 3.63) is 65.7 Å². The average molecular weight is 307 g/mol. The van der Waals surface area contributed by atoms with E-state index in [1.807, 2.05) is 65.6 Å². The SMILES string of the molecule is COc1ccccc1/C=C(/C(=O)N1CCCC1)c1ccccc1. The number of methoxy groups -OCH3 is 1. The number of amides is 1. The van der Waals surface area contributed by atoms with Crippen LogP contribution < -0.4 is 4.74 Å². The van der Waals surface area contributed by atoms with Crippen molar-refractivity contribution in [2.75, 3.05) is 20.2 Å². The highest BCUT2D eigenvalue weighted by atomic mass is 16.5. The molecule has 2 aromatic carbocycles. The van der Waals surface area contributed by atoms with Crippen molar-refractivity contribution in [3.8, 4) is 5.75 Å². The Morgan fingerprint density at radius 2 is 1.65 bits per heavy atom. The molecule has 1 fully saturated rings. The van der Waals surface area contributed by atoms with Gasteiger partial charge in [-0.2, -0.15) is 0 Å². The van der Waals surface area contributed by atoms with Gasteiger partial charge in [-0.15, -0.1) is 0 Å². The van der Waals surface area contributed by atoms with Crippen LogP contribution in [0.2, 0.25) is 0 Å². The van der Waals surface area contributed by atoms with E-state index in [1.54, 1.807) is 7.11 Å². The van der Waals surface area contributed by atoms with Crippen LogP contribution in [0.1, 0.15) is 24.0 Å². The topological polar surface area (TPSA) is 29.5 Å². The van der Waals surface area contributed by atoms with Crippen LogP contribution in [0.3, 0.4) is 0 Å². The molecule has 0 aliphatic carbocycles. The van der Waals surface area contributed by atoms with Crippen molar-refractivity contribution in [3.63, 3.8) is 0 Å². The van der Waals surface area contributed by atoms with Crippen molar-refractivity contribution in [2.24, 2.45) is 0 Å². The summed E-state index contributed by atoms with van der Waals surface area (Å²) in [5.41, 5.74) is 2.58. The van der Waals surface area contributed by atoms with Gasteiger partial charge in [-0.05, 0) is 30.5 Å².